The second-order valence-electron chi connectivity index (χ2n) is 2.69. The Kier molecular flexibility index (Phi) is 2.10. The van der Waals surface area contributed by atoms with Crippen LogP contribution in [0.4, 0.5) is 0 Å². The van der Waals surface area contributed by atoms with E-state index in [1.54, 1.807) is 13.3 Å². The molecular formula is C10H9NOS. The molecule has 0 aliphatic heterocycles. The van der Waals surface area contributed by atoms with Gasteiger partial charge in [-0.3, -0.25) is 4.98 Å². The van der Waals surface area contributed by atoms with Gasteiger partial charge in [0.15, 0.2) is 0 Å². The third kappa shape index (κ3) is 1.35. The summed E-state index contributed by atoms with van der Waals surface area (Å²) in [6, 6.07) is 7.77. The number of ether oxygens (including phenoxy) is 1. The lowest BCUT2D eigenvalue weighted by Crippen LogP contribution is -1.87. The Balaban J connectivity index is 2.79. The molecular weight excluding hydrogens is 182 g/mol. The second kappa shape index (κ2) is 3.26. The van der Waals surface area contributed by atoms with E-state index in [0.29, 0.717) is 0 Å². The highest BCUT2D eigenvalue weighted by molar-refractivity contribution is 7.80. The van der Waals surface area contributed by atoms with E-state index in [2.05, 4.69) is 17.6 Å². The van der Waals surface area contributed by atoms with Crippen LogP contribution >= 0.6 is 12.6 Å². The fraction of sp³-hybridized carbons (Fsp3) is 0.100. The van der Waals surface area contributed by atoms with Crippen LogP contribution in [-0.4, -0.2) is 12.1 Å². The second-order valence-corrected chi connectivity index (χ2v) is 3.14. The molecule has 0 N–H and O–H groups in total. The number of nitrogens with zero attached hydrogens (tertiary/aromatic N) is 1. The van der Waals surface area contributed by atoms with Gasteiger partial charge in [-0.2, -0.15) is 0 Å². The molecule has 1 aromatic carbocycles. The quantitative estimate of drug-likeness (QED) is 0.700. The standard InChI is InChI=1S/C10H9NOS/c1-12-8-5-4-7-3-2-6-11-9(7)10(8)13/h2-6,13H,1H3. The van der Waals surface area contributed by atoms with Crippen molar-refractivity contribution in [2.45, 2.75) is 4.90 Å². The Bertz CT molecular complexity index is 442. The van der Waals surface area contributed by atoms with E-state index in [-0.39, 0.29) is 0 Å². The first-order valence-electron chi connectivity index (χ1n) is 3.93. The molecule has 0 amide bonds. The maximum atomic E-state index is 5.14. The Morgan fingerprint density at radius 3 is 2.92 bits per heavy atom. The number of methoxy groups -OCH3 is 1. The monoisotopic (exact) mass is 191 g/mol. The lowest BCUT2D eigenvalue weighted by molar-refractivity contribution is 0.406. The van der Waals surface area contributed by atoms with Gasteiger partial charge in [-0.15, -0.1) is 12.6 Å². The highest BCUT2D eigenvalue weighted by Gasteiger charge is 2.03. The van der Waals surface area contributed by atoms with Crippen molar-refractivity contribution in [2.24, 2.45) is 0 Å². The molecule has 2 aromatic rings. The van der Waals surface area contributed by atoms with Crippen molar-refractivity contribution in [3.8, 4) is 5.75 Å². The molecule has 2 nitrogen and oxygen atoms in total. The van der Waals surface area contributed by atoms with Gasteiger partial charge in [0, 0.05) is 11.6 Å². The summed E-state index contributed by atoms with van der Waals surface area (Å²) in [6.07, 6.45) is 1.75. The van der Waals surface area contributed by atoms with Gasteiger partial charge in [-0.05, 0) is 18.2 Å². The fourth-order valence-corrected chi connectivity index (χ4v) is 1.63. The van der Waals surface area contributed by atoms with Gasteiger partial charge in [0.2, 0.25) is 0 Å². The summed E-state index contributed by atoms with van der Waals surface area (Å²) in [5.74, 6) is 0.759. The van der Waals surface area contributed by atoms with E-state index in [9.17, 15) is 0 Å². The van der Waals surface area contributed by atoms with Crippen LogP contribution in [0.1, 0.15) is 0 Å². The molecule has 1 heterocycles. The van der Waals surface area contributed by atoms with Crippen LogP contribution in [0.25, 0.3) is 10.9 Å². The number of aromatic nitrogens is 1. The molecule has 0 aliphatic carbocycles. The van der Waals surface area contributed by atoms with Gasteiger partial charge in [-0.1, -0.05) is 6.07 Å². The van der Waals surface area contributed by atoms with Crippen molar-refractivity contribution in [3.05, 3.63) is 30.5 Å². The highest BCUT2D eigenvalue weighted by Crippen LogP contribution is 2.28. The normalized spacial score (nSPS) is 10.3. The SMILES string of the molecule is COc1ccc2cccnc2c1S. The summed E-state index contributed by atoms with van der Waals surface area (Å²) < 4.78 is 5.14. The highest BCUT2D eigenvalue weighted by atomic mass is 32.1. The van der Waals surface area contributed by atoms with Gasteiger partial charge in [0.05, 0.1) is 17.5 Å². The number of benzene rings is 1. The number of pyridine rings is 1. The molecule has 2 rings (SSSR count). The number of thiol groups is 1. The van der Waals surface area contributed by atoms with E-state index >= 15 is 0 Å². The average molecular weight is 191 g/mol. The zero-order valence-electron chi connectivity index (χ0n) is 7.19. The number of fused-ring (bicyclic) bond motifs is 1. The first-order valence-corrected chi connectivity index (χ1v) is 4.38. The molecule has 0 radical (unpaired) electrons. The average Bonchev–Trinajstić information content (AvgIpc) is 2.19. The van der Waals surface area contributed by atoms with Crippen LogP contribution in [0.2, 0.25) is 0 Å². The zero-order valence-corrected chi connectivity index (χ0v) is 8.08. The molecule has 13 heavy (non-hydrogen) atoms. The van der Waals surface area contributed by atoms with Crippen molar-refractivity contribution >= 4 is 23.5 Å². The third-order valence-electron chi connectivity index (χ3n) is 1.93. The van der Waals surface area contributed by atoms with Crippen LogP contribution in [0.15, 0.2) is 35.4 Å². The van der Waals surface area contributed by atoms with E-state index < -0.39 is 0 Å². The molecule has 66 valence electrons. The van der Waals surface area contributed by atoms with Gasteiger partial charge in [0.1, 0.15) is 5.75 Å². The van der Waals surface area contributed by atoms with Crippen LogP contribution < -0.4 is 4.74 Å². The zero-order chi connectivity index (χ0) is 9.26. The predicted molar refractivity (Wildman–Crippen MR) is 55.5 cm³/mol. The molecule has 0 bridgehead atoms. The summed E-state index contributed by atoms with van der Waals surface area (Å²) >= 11 is 4.36. The molecule has 0 atom stereocenters. The smallest absolute Gasteiger partial charge is 0.134 e. The molecule has 3 heteroatoms. The van der Waals surface area contributed by atoms with Gasteiger partial charge >= 0.3 is 0 Å². The van der Waals surface area contributed by atoms with E-state index in [0.717, 1.165) is 21.5 Å². The third-order valence-corrected chi connectivity index (χ3v) is 2.36. The number of hydrogen-bond donors (Lipinski definition) is 1. The molecule has 0 unspecified atom stereocenters. The lowest BCUT2D eigenvalue weighted by Gasteiger charge is -2.05. The summed E-state index contributed by atoms with van der Waals surface area (Å²) in [4.78, 5) is 5.03. The Morgan fingerprint density at radius 2 is 2.15 bits per heavy atom. The predicted octanol–water partition coefficient (Wildman–Crippen LogP) is 2.53. The number of rotatable bonds is 1. The van der Waals surface area contributed by atoms with Crippen molar-refractivity contribution in [1.82, 2.24) is 4.98 Å². The van der Waals surface area contributed by atoms with Crippen molar-refractivity contribution in [2.75, 3.05) is 7.11 Å². The van der Waals surface area contributed by atoms with Gasteiger partial charge < -0.3 is 4.74 Å². The van der Waals surface area contributed by atoms with Gasteiger partial charge in [0.25, 0.3) is 0 Å². The Morgan fingerprint density at radius 1 is 1.31 bits per heavy atom. The number of hydrogen-bond acceptors (Lipinski definition) is 3. The van der Waals surface area contributed by atoms with Crippen LogP contribution in [0.5, 0.6) is 5.75 Å². The van der Waals surface area contributed by atoms with E-state index in [1.807, 2.05) is 24.3 Å². The van der Waals surface area contributed by atoms with Crippen molar-refractivity contribution in [3.63, 3.8) is 0 Å². The topological polar surface area (TPSA) is 22.1 Å². The fourth-order valence-electron chi connectivity index (χ4n) is 1.28. The molecule has 0 saturated heterocycles. The summed E-state index contributed by atoms with van der Waals surface area (Å²) in [7, 11) is 1.63. The first-order chi connectivity index (χ1) is 6.33. The van der Waals surface area contributed by atoms with Crippen LogP contribution in [0, 0.1) is 0 Å². The Labute approximate surface area is 82.0 Å². The maximum Gasteiger partial charge on any atom is 0.134 e. The van der Waals surface area contributed by atoms with E-state index in [1.165, 1.54) is 0 Å². The Hall–Kier alpha value is -1.22. The van der Waals surface area contributed by atoms with Crippen LogP contribution in [0.3, 0.4) is 0 Å². The molecule has 0 spiro atoms. The molecule has 0 aliphatic rings. The minimum absolute atomic E-state index is 0.759. The van der Waals surface area contributed by atoms with Crippen LogP contribution in [-0.2, 0) is 0 Å². The van der Waals surface area contributed by atoms with E-state index in [4.69, 9.17) is 4.74 Å². The molecule has 0 fully saturated rings. The minimum atomic E-state index is 0.759. The lowest BCUT2D eigenvalue weighted by atomic mass is 10.2. The molecule has 0 saturated carbocycles. The summed E-state index contributed by atoms with van der Waals surface area (Å²) in [6.45, 7) is 0. The maximum absolute atomic E-state index is 5.14. The summed E-state index contributed by atoms with van der Waals surface area (Å²) in [5, 5.41) is 1.08. The molecule has 1 aromatic heterocycles. The summed E-state index contributed by atoms with van der Waals surface area (Å²) in [5.41, 5.74) is 0.880. The largest absolute Gasteiger partial charge is 0.496 e. The first kappa shape index (κ1) is 8.38. The van der Waals surface area contributed by atoms with Gasteiger partial charge in [-0.25, -0.2) is 0 Å². The van der Waals surface area contributed by atoms with Crippen molar-refractivity contribution in [1.29, 1.82) is 0 Å². The van der Waals surface area contributed by atoms with Crippen molar-refractivity contribution < 1.29 is 4.74 Å². The minimum Gasteiger partial charge on any atom is -0.496 e.